The van der Waals surface area contributed by atoms with Crippen molar-refractivity contribution in [1.29, 1.82) is 0 Å². The van der Waals surface area contributed by atoms with Crippen LogP contribution < -0.4 is 15.4 Å². The molecule has 3 rings (SSSR count). The van der Waals surface area contributed by atoms with Crippen molar-refractivity contribution >= 4 is 45.1 Å². The number of carbonyl (C=O) groups is 3. The summed E-state index contributed by atoms with van der Waals surface area (Å²) in [5, 5.41) is 5.58. The molecule has 0 aromatic heterocycles. The van der Waals surface area contributed by atoms with E-state index in [1.807, 2.05) is 45.0 Å². The summed E-state index contributed by atoms with van der Waals surface area (Å²) in [5.41, 5.74) is 5.52. The zero-order valence-electron chi connectivity index (χ0n) is 23.0. The lowest BCUT2D eigenvalue weighted by Gasteiger charge is -2.15. The molecule has 0 fully saturated rings. The highest BCUT2D eigenvalue weighted by atomic mass is 79.9. The van der Waals surface area contributed by atoms with Crippen LogP contribution in [0.1, 0.15) is 61.3 Å². The number of benzene rings is 3. The Morgan fingerprint density at radius 3 is 2.26 bits per heavy atom. The topological polar surface area (TPSA) is 93.7 Å². The van der Waals surface area contributed by atoms with Gasteiger partial charge in [0.25, 0.3) is 5.91 Å². The first-order chi connectivity index (χ1) is 18.5. The largest absolute Gasteiger partial charge is 0.457 e. The van der Waals surface area contributed by atoms with Gasteiger partial charge in [0.15, 0.2) is 6.61 Å². The third-order valence-electron chi connectivity index (χ3n) is 6.30. The smallest absolute Gasteiger partial charge is 0.306 e. The Labute approximate surface area is 238 Å². The Morgan fingerprint density at radius 2 is 1.56 bits per heavy atom. The number of halogens is 1. The molecule has 0 bridgehead atoms. The molecule has 0 heterocycles. The van der Waals surface area contributed by atoms with E-state index in [9.17, 15) is 14.4 Å². The number of nitrogens with one attached hydrogen (secondary N) is 2. The SMILES string of the molecule is Cc1ccc(C(C)C)c(Oc2ccc(NC(=O)CCCC(=O)OCC(=O)Nc3ccc(Br)c(C)c3C)cc2)c1. The van der Waals surface area contributed by atoms with E-state index >= 15 is 0 Å². The summed E-state index contributed by atoms with van der Waals surface area (Å²) in [6.07, 6.45) is 0.500. The van der Waals surface area contributed by atoms with Gasteiger partial charge in [-0.1, -0.05) is 41.9 Å². The van der Waals surface area contributed by atoms with E-state index in [4.69, 9.17) is 9.47 Å². The van der Waals surface area contributed by atoms with Crippen LogP contribution in [0.5, 0.6) is 11.5 Å². The molecule has 3 aromatic carbocycles. The van der Waals surface area contributed by atoms with Crippen LogP contribution in [0.15, 0.2) is 59.1 Å². The molecule has 0 saturated heterocycles. The summed E-state index contributed by atoms with van der Waals surface area (Å²) in [6.45, 7) is 9.75. The predicted octanol–water partition coefficient (Wildman–Crippen LogP) is 7.58. The third kappa shape index (κ3) is 8.96. The van der Waals surface area contributed by atoms with Crippen molar-refractivity contribution in [3.8, 4) is 11.5 Å². The van der Waals surface area contributed by atoms with Gasteiger partial charge >= 0.3 is 5.97 Å². The molecular formula is C31H35BrN2O5. The van der Waals surface area contributed by atoms with Crippen LogP contribution in [0.2, 0.25) is 0 Å². The maximum absolute atomic E-state index is 12.3. The second kappa shape index (κ2) is 13.9. The van der Waals surface area contributed by atoms with E-state index in [0.717, 1.165) is 32.5 Å². The Bertz CT molecular complexity index is 1340. The summed E-state index contributed by atoms with van der Waals surface area (Å²) in [7, 11) is 0. The summed E-state index contributed by atoms with van der Waals surface area (Å²) in [5.74, 6) is 0.680. The van der Waals surface area contributed by atoms with Gasteiger partial charge in [-0.2, -0.15) is 0 Å². The number of amides is 2. The minimum Gasteiger partial charge on any atom is -0.457 e. The zero-order valence-corrected chi connectivity index (χ0v) is 24.6. The van der Waals surface area contributed by atoms with Gasteiger partial charge in [0.2, 0.25) is 5.91 Å². The molecule has 8 heteroatoms. The molecule has 0 atom stereocenters. The number of anilines is 2. The second-order valence-corrected chi connectivity index (χ2v) is 10.6. The quantitative estimate of drug-likeness (QED) is 0.223. The van der Waals surface area contributed by atoms with Gasteiger partial charge in [-0.25, -0.2) is 0 Å². The highest BCUT2D eigenvalue weighted by Gasteiger charge is 2.13. The molecule has 3 aromatic rings. The molecular weight excluding hydrogens is 560 g/mol. The van der Waals surface area contributed by atoms with E-state index in [2.05, 4.69) is 52.5 Å². The van der Waals surface area contributed by atoms with E-state index in [1.165, 1.54) is 0 Å². The molecule has 2 N–H and O–H groups in total. The minimum absolute atomic E-state index is 0.0403. The highest BCUT2D eigenvalue weighted by molar-refractivity contribution is 9.10. The van der Waals surface area contributed by atoms with E-state index in [-0.39, 0.29) is 25.4 Å². The van der Waals surface area contributed by atoms with Gasteiger partial charge in [0.05, 0.1) is 0 Å². The fourth-order valence-electron chi connectivity index (χ4n) is 3.88. The molecule has 0 aliphatic heterocycles. The van der Waals surface area contributed by atoms with E-state index < -0.39 is 11.9 Å². The summed E-state index contributed by atoms with van der Waals surface area (Å²) < 4.78 is 12.1. The Hall–Kier alpha value is -3.65. The van der Waals surface area contributed by atoms with Crippen molar-refractivity contribution in [2.75, 3.05) is 17.2 Å². The molecule has 0 saturated carbocycles. The van der Waals surface area contributed by atoms with Crippen LogP contribution in [0.3, 0.4) is 0 Å². The van der Waals surface area contributed by atoms with Crippen LogP contribution in [-0.4, -0.2) is 24.4 Å². The van der Waals surface area contributed by atoms with Crippen LogP contribution in [0.25, 0.3) is 0 Å². The maximum atomic E-state index is 12.3. The first-order valence-electron chi connectivity index (χ1n) is 12.9. The van der Waals surface area contributed by atoms with Gasteiger partial charge in [0.1, 0.15) is 11.5 Å². The Balaban J connectivity index is 1.39. The monoisotopic (exact) mass is 594 g/mol. The van der Waals surface area contributed by atoms with Crippen LogP contribution in [-0.2, 0) is 19.1 Å². The number of ether oxygens (including phenoxy) is 2. The molecule has 0 spiro atoms. The standard InChI is InChI=1S/C31H35BrN2O5/c1-19(2)25-14-9-20(3)17-28(25)39-24-12-10-23(11-13-24)33-29(35)7-6-8-31(37)38-18-30(36)34-27-16-15-26(32)21(4)22(27)5/h9-17,19H,6-8,18H2,1-5H3,(H,33,35)(H,34,36). The molecule has 0 unspecified atom stereocenters. The molecule has 7 nitrogen and oxygen atoms in total. The van der Waals surface area contributed by atoms with Gasteiger partial charge in [-0.05, 0) is 97.8 Å². The fourth-order valence-corrected chi connectivity index (χ4v) is 4.31. The van der Waals surface area contributed by atoms with Gasteiger partial charge in [-0.3, -0.25) is 14.4 Å². The third-order valence-corrected chi connectivity index (χ3v) is 7.16. The molecule has 39 heavy (non-hydrogen) atoms. The van der Waals surface area contributed by atoms with E-state index in [0.29, 0.717) is 29.5 Å². The van der Waals surface area contributed by atoms with Crippen molar-refractivity contribution < 1.29 is 23.9 Å². The van der Waals surface area contributed by atoms with Crippen LogP contribution in [0, 0.1) is 20.8 Å². The van der Waals surface area contributed by atoms with Crippen molar-refractivity contribution in [1.82, 2.24) is 0 Å². The van der Waals surface area contributed by atoms with Crippen molar-refractivity contribution in [3.05, 3.63) is 81.3 Å². The molecule has 2 amide bonds. The van der Waals surface area contributed by atoms with E-state index in [1.54, 1.807) is 18.2 Å². The lowest BCUT2D eigenvalue weighted by atomic mass is 10.0. The first kappa shape index (κ1) is 29.9. The summed E-state index contributed by atoms with van der Waals surface area (Å²) >= 11 is 3.45. The number of hydrogen-bond donors (Lipinski definition) is 2. The summed E-state index contributed by atoms with van der Waals surface area (Å²) in [6, 6.07) is 17.0. The van der Waals surface area contributed by atoms with Crippen molar-refractivity contribution in [3.63, 3.8) is 0 Å². The molecule has 0 radical (unpaired) electrons. The molecule has 206 valence electrons. The van der Waals surface area contributed by atoms with Gasteiger partial charge in [0, 0.05) is 28.7 Å². The Morgan fingerprint density at radius 1 is 0.846 bits per heavy atom. The fraction of sp³-hybridized carbons (Fsp3) is 0.323. The average Bonchev–Trinajstić information content (AvgIpc) is 2.89. The average molecular weight is 596 g/mol. The predicted molar refractivity (Wildman–Crippen MR) is 157 cm³/mol. The maximum Gasteiger partial charge on any atom is 0.306 e. The summed E-state index contributed by atoms with van der Waals surface area (Å²) in [4.78, 5) is 36.5. The normalized spacial score (nSPS) is 10.7. The number of carbonyl (C=O) groups excluding carboxylic acids is 3. The minimum atomic E-state index is -0.528. The number of hydrogen-bond acceptors (Lipinski definition) is 5. The van der Waals surface area contributed by atoms with Crippen LogP contribution in [0.4, 0.5) is 11.4 Å². The van der Waals surface area contributed by atoms with Crippen LogP contribution >= 0.6 is 15.9 Å². The van der Waals surface area contributed by atoms with Crippen molar-refractivity contribution in [2.45, 2.75) is 59.8 Å². The Kier molecular flexibility index (Phi) is 10.7. The molecule has 0 aliphatic rings. The lowest BCUT2D eigenvalue weighted by Crippen LogP contribution is -2.21. The van der Waals surface area contributed by atoms with Gasteiger partial charge in [-0.15, -0.1) is 0 Å². The molecule has 0 aliphatic carbocycles. The second-order valence-electron chi connectivity index (χ2n) is 9.78. The first-order valence-corrected chi connectivity index (χ1v) is 13.7. The number of esters is 1. The van der Waals surface area contributed by atoms with Gasteiger partial charge < -0.3 is 20.1 Å². The lowest BCUT2D eigenvalue weighted by molar-refractivity contribution is -0.147. The van der Waals surface area contributed by atoms with Crippen molar-refractivity contribution in [2.24, 2.45) is 0 Å². The number of rotatable bonds is 11. The highest BCUT2D eigenvalue weighted by Crippen LogP contribution is 2.32. The zero-order chi connectivity index (χ0) is 28.5. The number of aryl methyl sites for hydroxylation is 1.